The molecule has 0 aromatic heterocycles. The zero-order chi connectivity index (χ0) is 17.5. The number of carbonyl (C=O) groups is 2. The molecule has 0 unspecified atom stereocenters. The van der Waals surface area contributed by atoms with Crippen LogP contribution in [0.3, 0.4) is 0 Å². The summed E-state index contributed by atoms with van der Waals surface area (Å²) in [4.78, 5) is 24.5. The molecule has 6 nitrogen and oxygen atoms in total. The molecule has 128 valence electrons. The van der Waals surface area contributed by atoms with Gasteiger partial charge in [-0.05, 0) is 25.0 Å². The van der Waals surface area contributed by atoms with Gasteiger partial charge in [0.1, 0.15) is 5.75 Å². The van der Waals surface area contributed by atoms with Crippen LogP contribution in [0.15, 0.2) is 24.3 Å². The van der Waals surface area contributed by atoms with E-state index in [1.54, 1.807) is 6.07 Å². The summed E-state index contributed by atoms with van der Waals surface area (Å²) in [6, 6.07) is 6.87. The Bertz CT molecular complexity index is 639. The first-order chi connectivity index (χ1) is 11.5. The number of ether oxygens (including phenoxy) is 2. The summed E-state index contributed by atoms with van der Waals surface area (Å²) < 4.78 is 34.4. The summed E-state index contributed by atoms with van der Waals surface area (Å²) in [5, 5.41) is 11.6. The molecule has 1 saturated heterocycles. The van der Waals surface area contributed by atoms with E-state index in [-0.39, 0.29) is 24.0 Å². The normalized spacial score (nSPS) is 18.0. The number of ketones is 1. The van der Waals surface area contributed by atoms with E-state index >= 15 is 0 Å². The summed E-state index contributed by atoms with van der Waals surface area (Å²) in [5.74, 6) is -3.69. The van der Waals surface area contributed by atoms with Crippen molar-refractivity contribution in [2.75, 3.05) is 13.2 Å². The summed E-state index contributed by atoms with van der Waals surface area (Å²) in [6.07, 6.45) is 1.54. The molecule has 1 N–H and O–H groups in total. The second-order valence-electron chi connectivity index (χ2n) is 5.18. The molecule has 24 heavy (non-hydrogen) atoms. The van der Waals surface area contributed by atoms with E-state index in [0.29, 0.717) is 6.61 Å². The van der Waals surface area contributed by atoms with Crippen molar-refractivity contribution in [3.05, 3.63) is 29.8 Å². The van der Waals surface area contributed by atoms with Crippen LogP contribution in [-0.2, 0) is 9.53 Å². The molecule has 1 aromatic rings. The lowest BCUT2D eigenvalue weighted by Gasteiger charge is -2.14. The molecule has 0 bridgehead atoms. The Balaban J connectivity index is 2.08. The van der Waals surface area contributed by atoms with Gasteiger partial charge in [-0.25, -0.2) is 0 Å². The molecule has 1 aromatic carbocycles. The molecule has 0 aliphatic carbocycles. The molecular weight excluding hydrogens is 322 g/mol. The number of nitrogens with one attached hydrogen (secondary N) is 1. The first kappa shape index (κ1) is 17.8. The van der Waals surface area contributed by atoms with Gasteiger partial charge in [0.25, 0.3) is 0 Å². The number of nitrogens with zero attached hydrogens (tertiary/aromatic N) is 1. The lowest BCUT2D eigenvalue weighted by Crippen LogP contribution is -2.38. The minimum atomic E-state index is -3.12. The number of hydrogen-bond acceptors (Lipinski definition) is 5. The first-order valence-electron chi connectivity index (χ1n) is 7.40. The van der Waals surface area contributed by atoms with Crippen LogP contribution in [0.5, 0.6) is 5.75 Å². The Morgan fingerprint density at radius 2 is 2.17 bits per heavy atom. The number of nitriles is 1. The molecular formula is C16H16F2N2O4. The summed E-state index contributed by atoms with van der Waals surface area (Å²) >= 11 is 0. The van der Waals surface area contributed by atoms with E-state index in [1.165, 1.54) is 24.3 Å². The number of para-hydroxylation sites is 1. The fraction of sp³-hybridized carbons (Fsp3) is 0.438. The quantitative estimate of drug-likeness (QED) is 0.606. The minimum absolute atomic E-state index is 0.141. The average molecular weight is 338 g/mol. The second kappa shape index (κ2) is 8.36. The number of Topliss-reactive ketones (excluding diaryl/α,β-unsaturated/α-hetero) is 1. The number of rotatable bonds is 7. The topological polar surface area (TPSA) is 88.4 Å². The highest BCUT2D eigenvalue weighted by molar-refractivity contribution is 6.13. The number of alkyl halides is 2. The molecule has 1 aliphatic rings. The molecule has 2 atom stereocenters. The third kappa shape index (κ3) is 4.49. The fourth-order valence-electron chi connectivity index (χ4n) is 2.38. The highest BCUT2D eigenvalue weighted by atomic mass is 19.3. The largest absolute Gasteiger partial charge is 0.434 e. The predicted molar refractivity (Wildman–Crippen MR) is 78.5 cm³/mol. The number of amides is 1. The van der Waals surface area contributed by atoms with E-state index in [9.17, 15) is 18.4 Å². The highest BCUT2D eigenvalue weighted by Crippen LogP contribution is 2.23. The second-order valence-corrected chi connectivity index (χ2v) is 5.18. The third-order valence-corrected chi connectivity index (χ3v) is 3.55. The third-order valence-electron chi connectivity index (χ3n) is 3.55. The Kier molecular flexibility index (Phi) is 6.21. The van der Waals surface area contributed by atoms with Gasteiger partial charge in [0.05, 0.1) is 17.7 Å². The van der Waals surface area contributed by atoms with Gasteiger partial charge in [-0.2, -0.15) is 14.0 Å². The summed E-state index contributed by atoms with van der Waals surface area (Å²) in [5.41, 5.74) is -0.239. The smallest absolute Gasteiger partial charge is 0.387 e. The van der Waals surface area contributed by atoms with Crippen molar-refractivity contribution in [2.45, 2.75) is 25.6 Å². The van der Waals surface area contributed by atoms with Crippen LogP contribution in [0.25, 0.3) is 0 Å². The van der Waals surface area contributed by atoms with Gasteiger partial charge in [0, 0.05) is 13.2 Å². The Morgan fingerprint density at radius 3 is 2.79 bits per heavy atom. The Hall–Kier alpha value is -2.53. The van der Waals surface area contributed by atoms with Crippen LogP contribution in [0.4, 0.5) is 8.78 Å². The lowest BCUT2D eigenvalue weighted by atomic mass is 9.97. The molecule has 0 spiro atoms. The van der Waals surface area contributed by atoms with Crippen molar-refractivity contribution in [3.8, 4) is 11.8 Å². The predicted octanol–water partition coefficient (Wildman–Crippen LogP) is 1.91. The molecule has 0 radical (unpaired) electrons. The SMILES string of the molecule is N#C[C@H](C(=O)NC[C@H]1CCCO1)C(=O)c1ccccc1OC(F)F. The lowest BCUT2D eigenvalue weighted by molar-refractivity contribution is -0.122. The van der Waals surface area contributed by atoms with Gasteiger partial charge in [-0.1, -0.05) is 12.1 Å². The number of carbonyl (C=O) groups excluding carboxylic acids is 2. The van der Waals surface area contributed by atoms with Crippen LogP contribution >= 0.6 is 0 Å². The van der Waals surface area contributed by atoms with Crippen molar-refractivity contribution in [1.82, 2.24) is 5.32 Å². The number of hydrogen-bond donors (Lipinski definition) is 1. The molecule has 1 aliphatic heterocycles. The average Bonchev–Trinajstić information content (AvgIpc) is 3.07. The van der Waals surface area contributed by atoms with Gasteiger partial charge < -0.3 is 14.8 Å². The molecule has 2 rings (SSSR count). The van der Waals surface area contributed by atoms with Crippen molar-refractivity contribution in [3.63, 3.8) is 0 Å². The van der Waals surface area contributed by atoms with E-state index in [1.807, 2.05) is 0 Å². The Morgan fingerprint density at radius 1 is 1.42 bits per heavy atom. The van der Waals surface area contributed by atoms with E-state index in [4.69, 9.17) is 10.00 Å². The van der Waals surface area contributed by atoms with Crippen LogP contribution in [0, 0.1) is 17.2 Å². The van der Waals surface area contributed by atoms with Gasteiger partial charge in [-0.15, -0.1) is 0 Å². The Labute approximate surface area is 137 Å². The standard InChI is InChI=1S/C16H16F2N2O4/c17-16(18)24-13-6-2-1-5-11(13)14(21)12(8-19)15(22)20-9-10-4-3-7-23-10/h1-2,5-6,10,12,16H,3-4,7,9H2,(H,20,22)/t10-,12+/m1/s1. The molecule has 1 amide bonds. The fourth-order valence-corrected chi connectivity index (χ4v) is 2.38. The maximum Gasteiger partial charge on any atom is 0.387 e. The maximum absolute atomic E-state index is 12.4. The highest BCUT2D eigenvalue weighted by Gasteiger charge is 2.30. The van der Waals surface area contributed by atoms with Gasteiger partial charge in [0.2, 0.25) is 5.91 Å². The monoisotopic (exact) mass is 338 g/mol. The van der Waals surface area contributed by atoms with Crippen molar-refractivity contribution >= 4 is 11.7 Å². The zero-order valence-electron chi connectivity index (χ0n) is 12.7. The summed E-state index contributed by atoms with van der Waals surface area (Å²) in [6.45, 7) is -2.31. The molecule has 1 heterocycles. The van der Waals surface area contributed by atoms with Gasteiger partial charge in [0.15, 0.2) is 11.7 Å². The van der Waals surface area contributed by atoms with Gasteiger partial charge >= 0.3 is 6.61 Å². The van der Waals surface area contributed by atoms with Crippen LogP contribution < -0.4 is 10.1 Å². The number of benzene rings is 1. The molecule has 1 fully saturated rings. The van der Waals surface area contributed by atoms with Crippen molar-refractivity contribution < 1.29 is 27.8 Å². The van der Waals surface area contributed by atoms with Crippen LogP contribution in [-0.4, -0.2) is 37.6 Å². The van der Waals surface area contributed by atoms with Crippen molar-refractivity contribution in [1.29, 1.82) is 5.26 Å². The van der Waals surface area contributed by atoms with Crippen LogP contribution in [0.2, 0.25) is 0 Å². The van der Waals surface area contributed by atoms with E-state index < -0.39 is 24.2 Å². The van der Waals surface area contributed by atoms with Crippen molar-refractivity contribution in [2.24, 2.45) is 5.92 Å². The number of halogens is 2. The summed E-state index contributed by atoms with van der Waals surface area (Å²) in [7, 11) is 0. The first-order valence-corrected chi connectivity index (χ1v) is 7.40. The zero-order valence-corrected chi connectivity index (χ0v) is 12.7. The molecule has 8 heteroatoms. The van der Waals surface area contributed by atoms with E-state index in [0.717, 1.165) is 12.8 Å². The molecule has 0 saturated carbocycles. The maximum atomic E-state index is 12.4. The minimum Gasteiger partial charge on any atom is -0.434 e. The van der Waals surface area contributed by atoms with E-state index in [2.05, 4.69) is 10.1 Å². The van der Waals surface area contributed by atoms with Crippen LogP contribution in [0.1, 0.15) is 23.2 Å². The van der Waals surface area contributed by atoms with Gasteiger partial charge in [-0.3, -0.25) is 9.59 Å².